The van der Waals surface area contributed by atoms with Crippen LogP contribution >= 0.6 is 11.6 Å². The summed E-state index contributed by atoms with van der Waals surface area (Å²) in [6.07, 6.45) is 7.37. The van der Waals surface area contributed by atoms with Gasteiger partial charge in [-0.2, -0.15) is 0 Å². The smallest absolute Gasteiger partial charge is 0.253 e. The molecule has 0 spiro atoms. The van der Waals surface area contributed by atoms with Gasteiger partial charge in [-0.25, -0.2) is 0 Å². The van der Waals surface area contributed by atoms with E-state index in [1.165, 1.54) is 6.42 Å². The Morgan fingerprint density at radius 2 is 1.63 bits per heavy atom. The van der Waals surface area contributed by atoms with Crippen molar-refractivity contribution in [2.75, 3.05) is 13.1 Å². The topological polar surface area (TPSA) is 40.6 Å². The number of rotatable bonds is 4. The molecule has 5 heteroatoms. The number of hydrogen-bond acceptors (Lipinski definition) is 2. The van der Waals surface area contributed by atoms with E-state index >= 15 is 0 Å². The highest BCUT2D eigenvalue weighted by Gasteiger charge is 2.44. The van der Waals surface area contributed by atoms with Crippen LogP contribution in [0.3, 0.4) is 0 Å². The minimum Gasteiger partial charge on any atom is -0.339 e. The fourth-order valence-corrected chi connectivity index (χ4v) is 5.96. The summed E-state index contributed by atoms with van der Waals surface area (Å²) in [4.78, 5) is 30.6. The first kappa shape index (κ1) is 21.7. The summed E-state index contributed by atoms with van der Waals surface area (Å²) >= 11 is 5.94. The van der Waals surface area contributed by atoms with Crippen molar-refractivity contribution in [2.24, 2.45) is 17.3 Å². The molecular formula is C25H35ClN2O2. The van der Waals surface area contributed by atoms with Crippen LogP contribution in [0.5, 0.6) is 0 Å². The van der Waals surface area contributed by atoms with Crippen LogP contribution < -0.4 is 0 Å². The van der Waals surface area contributed by atoms with Gasteiger partial charge in [0.1, 0.15) is 0 Å². The second-order valence-corrected chi connectivity index (χ2v) is 11.1. The molecule has 1 saturated heterocycles. The zero-order valence-electron chi connectivity index (χ0n) is 18.6. The zero-order chi connectivity index (χ0) is 21.5. The Kier molecular flexibility index (Phi) is 6.16. The third kappa shape index (κ3) is 4.85. The van der Waals surface area contributed by atoms with E-state index in [9.17, 15) is 9.59 Å². The molecule has 1 aromatic rings. The molecule has 0 N–H and O–H groups in total. The van der Waals surface area contributed by atoms with Crippen LogP contribution in [0.1, 0.15) is 76.1 Å². The van der Waals surface area contributed by atoms with Crippen molar-refractivity contribution < 1.29 is 9.59 Å². The highest BCUT2D eigenvalue weighted by molar-refractivity contribution is 6.30. The molecule has 1 heterocycles. The lowest BCUT2D eigenvalue weighted by Gasteiger charge is -2.45. The van der Waals surface area contributed by atoms with Crippen molar-refractivity contribution in [3.05, 3.63) is 34.9 Å². The van der Waals surface area contributed by atoms with Crippen molar-refractivity contribution in [3.8, 4) is 0 Å². The highest BCUT2D eigenvalue weighted by Crippen LogP contribution is 2.44. The van der Waals surface area contributed by atoms with Gasteiger partial charge in [0, 0.05) is 41.7 Å². The number of hydrogen-bond donors (Lipinski definition) is 0. The van der Waals surface area contributed by atoms with Crippen molar-refractivity contribution in [3.63, 3.8) is 0 Å². The summed E-state index contributed by atoms with van der Waals surface area (Å²) in [5, 5.41) is 0.635. The molecule has 1 aromatic carbocycles. The van der Waals surface area contributed by atoms with Gasteiger partial charge in [0.15, 0.2) is 0 Å². The molecule has 0 bridgehead atoms. The predicted octanol–water partition coefficient (Wildman–Crippen LogP) is 5.40. The van der Waals surface area contributed by atoms with Crippen LogP contribution in [0.15, 0.2) is 24.3 Å². The number of piperidine rings is 1. The number of benzene rings is 1. The van der Waals surface area contributed by atoms with E-state index in [-0.39, 0.29) is 11.8 Å². The molecule has 0 unspecified atom stereocenters. The molecule has 1 aliphatic heterocycles. The zero-order valence-corrected chi connectivity index (χ0v) is 19.3. The first-order valence-electron chi connectivity index (χ1n) is 11.6. The van der Waals surface area contributed by atoms with Crippen molar-refractivity contribution in [1.29, 1.82) is 0 Å². The first-order valence-corrected chi connectivity index (χ1v) is 12.0. The summed E-state index contributed by atoms with van der Waals surface area (Å²) in [5.74, 6) is 1.12. The summed E-state index contributed by atoms with van der Waals surface area (Å²) in [7, 11) is 0. The van der Waals surface area contributed by atoms with E-state index in [0.29, 0.717) is 53.0 Å². The lowest BCUT2D eigenvalue weighted by atomic mass is 9.70. The van der Waals surface area contributed by atoms with E-state index in [4.69, 9.17) is 11.6 Å². The van der Waals surface area contributed by atoms with Gasteiger partial charge in [0.2, 0.25) is 5.91 Å². The summed E-state index contributed by atoms with van der Waals surface area (Å²) in [6.45, 7) is 8.36. The molecule has 164 valence electrons. The van der Waals surface area contributed by atoms with Gasteiger partial charge >= 0.3 is 0 Å². The van der Waals surface area contributed by atoms with Gasteiger partial charge in [0.25, 0.3) is 5.91 Å². The minimum absolute atomic E-state index is 0.0412. The largest absolute Gasteiger partial charge is 0.339 e. The van der Waals surface area contributed by atoms with Crippen LogP contribution in [-0.2, 0) is 4.79 Å². The van der Waals surface area contributed by atoms with Crippen LogP contribution in [0, 0.1) is 17.3 Å². The SMILES string of the molecule is C[C@H]1C[C@H](N(C(=O)C2CCN(C(=O)c3ccc(Cl)cc3)CC2)C2CC2)CC(C)(C)C1. The monoisotopic (exact) mass is 430 g/mol. The summed E-state index contributed by atoms with van der Waals surface area (Å²) in [6, 6.07) is 7.91. The van der Waals surface area contributed by atoms with Gasteiger partial charge in [-0.15, -0.1) is 0 Å². The Bertz CT molecular complexity index is 779. The minimum atomic E-state index is 0.0412. The molecule has 4 nitrogen and oxygen atoms in total. The Morgan fingerprint density at radius 3 is 2.20 bits per heavy atom. The lowest BCUT2D eigenvalue weighted by Crippen LogP contribution is -2.51. The fourth-order valence-electron chi connectivity index (χ4n) is 5.83. The number of halogens is 1. The maximum atomic E-state index is 13.6. The average Bonchev–Trinajstić information content (AvgIpc) is 3.52. The molecule has 4 rings (SSSR count). The first-order chi connectivity index (χ1) is 14.2. The van der Waals surface area contributed by atoms with Crippen LogP contribution in [-0.4, -0.2) is 46.8 Å². The Hall–Kier alpha value is -1.55. The molecular weight excluding hydrogens is 396 g/mol. The van der Waals surface area contributed by atoms with E-state index in [2.05, 4.69) is 25.7 Å². The van der Waals surface area contributed by atoms with Crippen LogP contribution in [0.25, 0.3) is 0 Å². The van der Waals surface area contributed by atoms with Gasteiger partial charge in [0.05, 0.1) is 0 Å². The number of carbonyl (C=O) groups excluding carboxylic acids is 2. The van der Waals surface area contributed by atoms with E-state index < -0.39 is 0 Å². The third-order valence-corrected chi connectivity index (χ3v) is 7.43. The Labute approximate surface area is 185 Å². The molecule has 2 saturated carbocycles. The number of likely N-dealkylation sites (tertiary alicyclic amines) is 1. The standard InChI is InChI=1S/C25H35ClN2O2/c1-17-14-22(16-25(2,3)15-17)28(21-8-9-21)24(30)19-10-12-27(13-11-19)23(29)18-4-6-20(26)7-5-18/h4-7,17,19,21-22H,8-16H2,1-3H3/t17-,22-/m0/s1. The van der Waals surface area contributed by atoms with Gasteiger partial charge in [-0.05, 0) is 80.5 Å². The molecule has 0 aromatic heterocycles. The second-order valence-electron chi connectivity index (χ2n) is 10.6. The van der Waals surface area contributed by atoms with Gasteiger partial charge < -0.3 is 9.80 Å². The van der Waals surface area contributed by atoms with E-state index in [1.807, 2.05) is 4.90 Å². The van der Waals surface area contributed by atoms with Crippen molar-refractivity contribution in [1.82, 2.24) is 9.80 Å². The molecule has 2 aliphatic carbocycles. The molecule has 2 atom stereocenters. The number of carbonyl (C=O) groups is 2. The molecule has 3 aliphatic rings. The lowest BCUT2D eigenvalue weighted by molar-refractivity contribution is -0.142. The van der Waals surface area contributed by atoms with Crippen molar-refractivity contribution in [2.45, 2.75) is 77.8 Å². The summed E-state index contributed by atoms with van der Waals surface area (Å²) in [5.41, 5.74) is 0.978. The highest BCUT2D eigenvalue weighted by atomic mass is 35.5. The maximum Gasteiger partial charge on any atom is 0.253 e. The van der Waals surface area contributed by atoms with Crippen LogP contribution in [0.4, 0.5) is 0 Å². The Morgan fingerprint density at radius 1 is 1.00 bits per heavy atom. The van der Waals surface area contributed by atoms with Gasteiger partial charge in [-0.3, -0.25) is 9.59 Å². The normalized spacial score (nSPS) is 27.0. The van der Waals surface area contributed by atoms with E-state index in [0.717, 1.165) is 38.5 Å². The average molecular weight is 431 g/mol. The van der Waals surface area contributed by atoms with Crippen molar-refractivity contribution >= 4 is 23.4 Å². The Balaban J connectivity index is 1.39. The fraction of sp³-hybridized carbons (Fsp3) is 0.680. The predicted molar refractivity (Wildman–Crippen MR) is 121 cm³/mol. The second kappa shape index (κ2) is 8.53. The molecule has 2 amide bonds. The third-order valence-electron chi connectivity index (χ3n) is 7.17. The van der Waals surface area contributed by atoms with Crippen LogP contribution in [0.2, 0.25) is 5.02 Å². The molecule has 3 fully saturated rings. The number of nitrogens with zero attached hydrogens (tertiary/aromatic N) is 2. The molecule has 0 radical (unpaired) electrons. The quantitative estimate of drug-likeness (QED) is 0.641. The van der Waals surface area contributed by atoms with Gasteiger partial charge in [-0.1, -0.05) is 32.4 Å². The summed E-state index contributed by atoms with van der Waals surface area (Å²) < 4.78 is 0. The van der Waals surface area contributed by atoms with E-state index in [1.54, 1.807) is 24.3 Å². The molecule has 30 heavy (non-hydrogen) atoms. The number of amides is 2. The maximum absolute atomic E-state index is 13.6.